The lowest BCUT2D eigenvalue weighted by Crippen LogP contribution is -2.11. The number of aromatic nitrogens is 2. The molecular formula is C35H40FN3O4S. The average Bonchev–Trinajstić information content (AvgIpc) is 3.46. The molecule has 1 aromatic heterocycles. The zero-order chi connectivity index (χ0) is 31.3. The molecule has 0 aliphatic heterocycles. The molecule has 4 aromatic rings. The molecule has 0 radical (unpaired) electrons. The minimum atomic E-state index is -1.25. The first-order valence-electron chi connectivity index (χ1n) is 15.0. The molecule has 9 heteroatoms. The number of rotatable bonds is 16. The Morgan fingerprint density at radius 1 is 1.00 bits per heavy atom. The summed E-state index contributed by atoms with van der Waals surface area (Å²) in [5.74, 6) is 0.307. The highest BCUT2D eigenvalue weighted by molar-refractivity contribution is 7.90. The summed E-state index contributed by atoms with van der Waals surface area (Å²) in [5.41, 5.74) is 4.04. The molecule has 1 atom stereocenters. The third-order valence-electron chi connectivity index (χ3n) is 6.99. The van der Waals surface area contributed by atoms with Crippen molar-refractivity contribution in [2.24, 2.45) is 0 Å². The molecule has 1 unspecified atom stereocenters. The van der Waals surface area contributed by atoms with Gasteiger partial charge in [0, 0.05) is 30.5 Å². The van der Waals surface area contributed by atoms with Gasteiger partial charge in [-0.25, -0.2) is 9.37 Å². The number of benzene rings is 3. The van der Waals surface area contributed by atoms with E-state index in [1.54, 1.807) is 55.8 Å². The number of anilines is 1. The van der Waals surface area contributed by atoms with E-state index in [2.05, 4.69) is 24.1 Å². The number of allylic oxidation sites excluding steroid dienone is 1. The van der Waals surface area contributed by atoms with Crippen molar-refractivity contribution in [2.75, 3.05) is 25.1 Å². The summed E-state index contributed by atoms with van der Waals surface area (Å²) in [7, 11) is 0. The van der Waals surface area contributed by atoms with Gasteiger partial charge in [0.15, 0.2) is 10.6 Å². The molecule has 1 heterocycles. The lowest BCUT2D eigenvalue weighted by Gasteiger charge is -2.12. The van der Waals surface area contributed by atoms with Gasteiger partial charge in [-0.15, -0.1) is 0 Å². The molecular weight excluding hydrogens is 577 g/mol. The Morgan fingerprint density at radius 3 is 2.48 bits per heavy atom. The van der Waals surface area contributed by atoms with Crippen molar-refractivity contribution in [1.82, 2.24) is 9.55 Å². The van der Waals surface area contributed by atoms with Gasteiger partial charge >= 0.3 is 0 Å². The van der Waals surface area contributed by atoms with E-state index in [9.17, 15) is 13.7 Å². The van der Waals surface area contributed by atoms with Crippen LogP contribution in [0.1, 0.15) is 51.3 Å². The number of amides is 1. The smallest absolute Gasteiger partial charge is 0.248 e. The largest absolute Gasteiger partial charge is 0.611 e. The standard InChI is InChI=1S/C35H40FN3O4S/c1-4-6-18-42-19-20-43-31-12-7-27(8-13-31)28-9-16-34(36)33(22-28)26(3)21-35(40)38-29-10-14-32(15-11-29)44(41)24-30-23-37-25-39(30)17-5-2/h7-16,21-23,25H,4-6,17-20,24H2,1-3H3,(H,38,40)/b26-21+. The van der Waals surface area contributed by atoms with Gasteiger partial charge in [0.05, 0.1) is 24.8 Å². The number of hydrogen-bond donors (Lipinski definition) is 1. The summed E-state index contributed by atoms with van der Waals surface area (Å²) >= 11 is -1.25. The Hall–Kier alpha value is -3.92. The van der Waals surface area contributed by atoms with Crippen LogP contribution in [0.25, 0.3) is 16.7 Å². The van der Waals surface area contributed by atoms with Crippen LogP contribution in [0.3, 0.4) is 0 Å². The van der Waals surface area contributed by atoms with Gasteiger partial charge in [-0.2, -0.15) is 0 Å². The van der Waals surface area contributed by atoms with Crippen molar-refractivity contribution in [3.05, 3.63) is 102 Å². The van der Waals surface area contributed by atoms with Gasteiger partial charge in [0.1, 0.15) is 18.2 Å². The van der Waals surface area contributed by atoms with E-state index in [1.807, 2.05) is 28.8 Å². The zero-order valence-corrected chi connectivity index (χ0v) is 26.4. The van der Waals surface area contributed by atoms with E-state index in [-0.39, 0.29) is 5.91 Å². The Kier molecular flexibility index (Phi) is 12.6. The molecule has 232 valence electrons. The van der Waals surface area contributed by atoms with Crippen LogP contribution >= 0.6 is 0 Å². The number of nitrogens with one attached hydrogen (secondary N) is 1. The second-order valence-electron chi connectivity index (χ2n) is 10.4. The normalized spacial score (nSPS) is 12.2. The van der Waals surface area contributed by atoms with Crippen LogP contribution in [0, 0.1) is 5.82 Å². The van der Waals surface area contributed by atoms with Gasteiger partial charge in [0.25, 0.3) is 0 Å². The maximum Gasteiger partial charge on any atom is 0.248 e. The summed E-state index contributed by atoms with van der Waals surface area (Å²) in [6, 6.07) is 19.4. The maximum atomic E-state index is 14.8. The summed E-state index contributed by atoms with van der Waals surface area (Å²) in [5, 5.41) is 2.81. The van der Waals surface area contributed by atoms with Crippen LogP contribution < -0.4 is 10.1 Å². The summed E-state index contributed by atoms with van der Waals surface area (Å²) in [4.78, 5) is 17.6. The number of imidazole rings is 1. The van der Waals surface area contributed by atoms with E-state index in [0.717, 1.165) is 55.0 Å². The molecule has 1 amide bonds. The highest BCUT2D eigenvalue weighted by Crippen LogP contribution is 2.28. The van der Waals surface area contributed by atoms with Gasteiger partial charge < -0.3 is 23.9 Å². The van der Waals surface area contributed by atoms with E-state index < -0.39 is 17.0 Å². The van der Waals surface area contributed by atoms with Crippen LogP contribution in [0.2, 0.25) is 0 Å². The van der Waals surface area contributed by atoms with Crippen LogP contribution in [0.5, 0.6) is 5.75 Å². The minimum Gasteiger partial charge on any atom is -0.611 e. The third kappa shape index (κ3) is 9.54. The molecule has 0 saturated heterocycles. The monoisotopic (exact) mass is 617 g/mol. The molecule has 0 aliphatic carbocycles. The number of ether oxygens (including phenoxy) is 2. The maximum absolute atomic E-state index is 14.8. The number of halogens is 1. The highest BCUT2D eigenvalue weighted by atomic mass is 32.2. The first-order valence-corrected chi connectivity index (χ1v) is 16.3. The van der Waals surface area contributed by atoms with E-state index in [0.29, 0.717) is 40.7 Å². The molecule has 1 N–H and O–H groups in total. The number of nitrogens with zero attached hydrogens (tertiary/aromatic N) is 2. The van der Waals surface area contributed by atoms with Crippen molar-refractivity contribution in [1.29, 1.82) is 0 Å². The Balaban J connectivity index is 1.34. The lowest BCUT2D eigenvalue weighted by atomic mass is 9.99. The topological polar surface area (TPSA) is 88.4 Å². The fourth-order valence-electron chi connectivity index (χ4n) is 4.59. The van der Waals surface area contributed by atoms with Crippen LogP contribution in [-0.4, -0.2) is 39.8 Å². The fraction of sp³-hybridized carbons (Fsp3) is 0.314. The quantitative estimate of drug-likeness (QED) is 0.0793. The highest BCUT2D eigenvalue weighted by Gasteiger charge is 2.15. The predicted octanol–water partition coefficient (Wildman–Crippen LogP) is 7.64. The predicted molar refractivity (Wildman–Crippen MR) is 174 cm³/mol. The van der Waals surface area contributed by atoms with E-state index in [4.69, 9.17) is 9.47 Å². The number of aryl methyl sites for hydroxylation is 1. The SMILES string of the molecule is CCCCOCCOc1ccc(-c2ccc(F)c(/C(C)=C/C(=O)Nc3ccc([S+]([O-])Cc4cncn4CCC)cc3)c2)cc1. The molecule has 7 nitrogen and oxygen atoms in total. The second kappa shape index (κ2) is 16.8. The number of hydrogen-bond acceptors (Lipinski definition) is 5. The Morgan fingerprint density at radius 2 is 1.75 bits per heavy atom. The van der Waals surface area contributed by atoms with Gasteiger partial charge in [-0.05, 0) is 96.2 Å². The van der Waals surface area contributed by atoms with E-state index >= 15 is 0 Å². The Bertz CT molecular complexity index is 1520. The zero-order valence-electron chi connectivity index (χ0n) is 25.6. The number of carbonyl (C=O) groups excluding carboxylic acids is 1. The molecule has 0 spiro atoms. The lowest BCUT2D eigenvalue weighted by molar-refractivity contribution is -0.111. The van der Waals surface area contributed by atoms with Gasteiger partial charge in [0.2, 0.25) is 5.91 Å². The van der Waals surface area contributed by atoms with Gasteiger partial charge in [-0.1, -0.05) is 38.5 Å². The van der Waals surface area contributed by atoms with E-state index in [1.165, 1.54) is 12.1 Å². The van der Waals surface area contributed by atoms with Crippen molar-refractivity contribution in [3.63, 3.8) is 0 Å². The van der Waals surface area contributed by atoms with Gasteiger partial charge in [-0.3, -0.25) is 4.79 Å². The molecule has 4 rings (SSSR count). The Labute approximate surface area is 262 Å². The number of carbonyl (C=O) groups is 1. The van der Waals surface area contributed by atoms with Crippen molar-refractivity contribution < 1.29 is 23.2 Å². The molecule has 0 bridgehead atoms. The third-order valence-corrected chi connectivity index (χ3v) is 8.35. The van der Waals surface area contributed by atoms with Crippen LogP contribution in [0.4, 0.5) is 10.1 Å². The van der Waals surface area contributed by atoms with Crippen LogP contribution in [-0.2, 0) is 33.0 Å². The molecule has 44 heavy (non-hydrogen) atoms. The van der Waals surface area contributed by atoms with Crippen LogP contribution in [0.15, 0.2) is 90.2 Å². The number of unbranched alkanes of at least 4 members (excludes halogenated alkanes) is 1. The summed E-state index contributed by atoms with van der Waals surface area (Å²) < 4.78 is 41.0. The minimum absolute atomic E-state index is 0.343. The van der Waals surface area contributed by atoms with Crippen molar-refractivity contribution >= 4 is 28.3 Å². The first kappa shape index (κ1) is 33.0. The molecule has 0 saturated carbocycles. The van der Waals surface area contributed by atoms with Crippen molar-refractivity contribution in [3.8, 4) is 16.9 Å². The second-order valence-corrected chi connectivity index (χ2v) is 11.9. The fourth-order valence-corrected chi connectivity index (χ4v) is 5.70. The average molecular weight is 618 g/mol. The first-order chi connectivity index (χ1) is 21.4. The summed E-state index contributed by atoms with van der Waals surface area (Å²) in [6.45, 7) is 8.51. The summed E-state index contributed by atoms with van der Waals surface area (Å²) in [6.07, 6.45) is 7.99. The molecule has 0 fully saturated rings. The molecule has 0 aliphatic rings. The van der Waals surface area contributed by atoms with Crippen molar-refractivity contribution in [2.45, 2.75) is 57.2 Å². The molecule has 3 aromatic carbocycles.